The first-order valence-corrected chi connectivity index (χ1v) is 13.3. The number of H-pyrrole nitrogens is 1. The SMILES string of the molecule is Cc1ccc(C(=O)Nc2ccc(CN3CCN(C)CC3)c(C(F)(F)F)c2)cc1-c1nnc(-c2cnc3[nH]ncc3c2)o1. The van der Waals surface area contributed by atoms with E-state index in [-0.39, 0.29) is 35.1 Å². The predicted octanol–water partition coefficient (Wildman–Crippen LogP) is 5.00. The number of amides is 1. The molecule has 0 aliphatic carbocycles. The Morgan fingerprint density at radius 1 is 1.02 bits per heavy atom. The summed E-state index contributed by atoms with van der Waals surface area (Å²) in [4.78, 5) is 21.6. The molecule has 13 heteroatoms. The number of piperazine rings is 1. The number of aromatic nitrogens is 5. The summed E-state index contributed by atoms with van der Waals surface area (Å²) < 4.78 is 47.9. The average molecular weight is 577 g/mol. The van der Waals surface area contributed by atoms with Crippen molar-refractivity contribution < 1.29 is 22.4 Å². The zero-order valence-electron chi connectivity index (χ0n) is 22.9. The summed E-state index contributed by atoms with van der Waals surface area (Å²) in [5, 5.41) is 18.4. The molecule has 6 rings (SSSR count). The third kappa shape index (κ3) is 5.74. The molecule has 0 atom stereocenters. The second-order valence-electron chi connectivity index (χ2n) is 10.4. The standard InChI is InChI=1S/C29H27F3N8O2/c1-17-3-4-18(12-23(17)28-38-37-27(42-28)21-11-20-15-34-36-25(20)33-14-21)26(41)35-22-6-5-19(24(13-22)29(30,31)32)16-40-9-7-39(2)8-10-40/h3-6,11-15H,7-10,16H2,1-2H3,(H,35,41)(H,33,34,36). The van der Waals surface area contributed by atoms with Gasteiger partial charge in [0.25, 0.3) is 5.91 Å². The van der Waals surface area contributed by atoms with Gasteiger partial charge < -0.3 is 14.6 Å². The number of benzene rings is 2. The van der Waals surface area contributed by atoms with E-state index in [1.165, 1.54) is 12.1 Å². The first kappa shape index (κ1) is 27.5. The van der Waals surface area contributed by atoms with E-state index in [1.807, 2.05) is 24.9 Å². The van der Waals surface area contributed by atoms with Gasteiger partial charge in [-0.1, -0.05) is 12.1 Å². The van der Waals surface area contributed by atoms with Crippen LogP contribution < -0.4 is 5.32 Å². The van der Waals surface area contributed by atoms with Crippen LogP contribution in [0.2, 0.25) is 0 Å². The summed E-state index contributed by atoms with van der Waals surface area (Å²) in [6, 6.07) is 10.6. The second-order valence-corrected chi connectivity index (χ2v) is 10.4. The number of fused-ring (bicyclic) bond motifs is 1. The highest BCUT2D eigenvalue weighted by molar-refractivity contribution is 6.05. The normalized spacial score (nSPS) is 14.9. The maximum Gasteiger partial charge on any atom is 0.416 e. The third-order valence-electron chi connectivity index (χ3n) is 7.36. The maximum absolute atomic E-state index is 14.0. The molecule has 0 radical (unpaired) electrons. The minimum absolute atomic E-state index is 0.0544. The molecule has 1 amide bonds. The fraction of sp³-hybridized carbons (Fsp3) is 0.276. The predicted molar refractivity (Wildman–Crippen MR) is 150 cm³/mol. The van der Waals surface area contributed by atoms with E-state index in [4.69, 9.17) is 4.42 Å². The number of likely N-dealkylation sites (N-methyl/N-ethyl adjacent to an activating group) is 1. The van der Waals surface area contributed by atoms with Crippen LogP contribution in [0.4, 0.5) is 18.9 Å². The molecule has 1 aliphatic heterocycles. The van der Waals surface area contributed by atoms with E-state index in [0.717, 1.165) is 30.1 Å². The largest absolute Gasteiger partial charge is 0.416 e. The number of alkyl halides is 3. The van der Waals surface area contributed by atoms with E-state index in [9.17, 15) is 18.0 Å². The molecule has 42 heavy (non-hydrogen) atoms. The topological polar surface area (TPSA) is 116 Å². The molecule has 0 spiro atoms. The van der Waals surface area contributed by atoms with Crippen LogP contribution in [0.5, 0.6) is 0 Å². The smallest absolute Gasteiger partial charge is 0.416 e. The summed E-state index contributed by atoms with van der Waals surface area (Å²) in [7, 11) is 1.99. The molecule has 216 valence electrons. The lowest BCUT2D eigenvalue weighted by molar-refractivity contribution is -0.138. The Morgan fingerprint density at radius 2 is 1.81 bits per heavy atom. The van der Waals surface area contributed by atoms with Crippen molar-refractivity contribution in [2.24, 2.45) is 0 Å². The van der Waals surface area contributed by atoms with Gasteiger partial charge >= 0.3 is 6.18 Å². The number of pyridine rings is 1. The number of nitrogens with zero attached hydrogens (tertiary/aromatic N) is 6. The molecular formula is C29H27F3N8O2. The Balaban J connectivity index is 1.22. The van der Waals surface area contributed by atoms with Crippen molar-refractivity contribution >= 4 is 22.6 Å². The molecule has 1 saturated heterocycles. The van der Waals surface area contributed by atoms with Gasteiger partial charge in [0.05, 0.1) is 17.3 Å². The van der Waals surface area contributed by atoms with Gasteiger partial charge in [-0.25, -0.2) is 4.98 Å². The lowest BCUT2D eigenvalue weighted by Gasteiger charge is -2.33. The van der Waals surface area contributed by atoms with Crippen molar-refractivity contribution in [3.8, 4) is 22.9 Å². The van der Waals surface area contributed by atoms with Gasteiger partial charge in [0.2, 0.25) is 11.8 Å². The van der Waals surface area contributed by atoms with Gasteiger partial charge in [-0.15, -0.1) is 10.2 Å². The lowest BCUT2D eigenvalue weighted by Crippen LogP contribution is -2.44. The first-order chi connectivity index (χ1) is 20.1. The van der Waals surface area contributed by atoms with Crippen LogP contribution in [0.25, 0.3) is 33.9 Å². The number of aromatic amines is 1. The molecule has 1 fully saturated rings. The molecule has 2 aromatic carbocycles. The Bertz CT molecular complexity index is 1760. The lowest BCUT2D eigenvalue weighted by atomic mass is 10.0. The Kier molecular flexibility index (Phi) is 7.21. The van der Waals surface area contributed by atoms with Crippen LogP contribution in [0.15, 0.2) is 59.3 Å². The zero-order valence-corrected chi connectivity index (χ0v) is 22.9. The van der Waals surface area contributed by atoms with Crippen molar-refractivity contribution in [1.29, 1.82) is 0 Å². The van der Waals surface area contributed by atoms with Gasteiger partial charge in [-0.05, 0) is 55.4 Å². The van der Waals surface area contributed by atoms with Crippen LogP contribution in [0.1, 0.15) is 27.0 Å². The highest BCUT2D eigenvalue weighted by Crippen LogP contribution is 2.35. The number of hydrogen-bond donors (Lipinski definition) is 2. The van der Waals surface area contributed by atoms with Crippen LogP contribution in [0.3, 0.4) is 0 Å². The van der Waals surface area contributed by atoms with Gasteiger partial charge in [-0.2, -0.15) is 18.3 Å². The summed E-state index contributed by atoms with van der Waals surface area (Å²) >= 11 is 0. The van der Waals surface area contributed by atoms with E-state index in [2.05, 4.69) is 35.6 Å². The zero-order chi connectivity index (χ0) is 29.4. The van der Waals surface area contributed by atoms with Gasteiger partial charge in [-0.3, -0.25) is 14.8 Å². The highest BCUT2D eigenvalue weighted by Gasteiger charge is 2.34. The fourth-order valence-electron chi connectivity index (χ4n) is 4.90. The summed E-state index contributed by atoms with van der Waals surface area (Å²) in [6.45, 7) is 5.01. The number of rotatable bonds is 6. The maximum atomic E-state index is 14.0. The molecule has 0 saturated carbocycles. The van der Waals surface area contributed by atoms with Gasteiger partial charge in [0.15, 0.2) is 5.65 Å². The summed E-state index contributed by atoms with van der Waals surface area (Å²) in [5.74, 6) is -0.131. The van der Waals surface area contributed by atoms with Crippen LogP contribution in [-0.4, -0.2) is 74.3 Å². The molecule has 0 bridgehead atoms. The number of carbonyl (C=O) groups excluding carboxylic acids is 1. The molecule has 5 aromatic rings. The van der Waals surface area contributed by atoms with E-state index >= 15 is 0 Å². The summed E-state index contributed by atoms with van der Waals surface area (Å²) in [5.41, 5.74) is 2.23. The minimum atomic E-state index is -4.56. The summed E-state index contributed by atoms with van der Waals surface area (Å²) in [6.07, 6.45) is -1.35. The van der Waals surface area contributed by atoms with Crippen molar-refractivity contribution in [2.45, 2.75) is 19.6 Å². The monoisotopic (exact) mass is 576 g/mol. The van der Waals surface area contributed by atoms with Crippen LogP contribution in [-0.2, 0) is 12.7 Å². The Morgan fingerprint density at radius 3 is 2.60 bits per heavy atom. The molecule has 3 aromatic heterocycles. The van der Waals surface area contributed by atoms with E-state index in [1.54, 1.807) is 30.6 Å². The van der Waals surface area contributed by atoms with Crippen molar-refractivity contribution in [2.75, 3.05) is 38.5 Å². The highest BCUT2D eigenvalue weighted by atomic mass is 19.4. The molecule has 1 aliphatic rings. The third-order valence-corrected chi connectivity index (χ3v) is 7.36. The van der Waals surface area contributed by atoms with E-state index in [0.29, 0.717) is 29.9 Å². The molecule has 4 heterocycles. The van der Waals surface area contributed by atoms with Crippen molar-refractivity contribution in [1.82, 2.24) is 35.2 Å². The van der Waals surface area contributed by atoms with Crippen molar-refractivity contribution in [3.63, 3.8) is 0 Å². The molecule has 2 N–H and O–H groups in total. The Labute approximate surface area is 238 Å². The number of nitrogens with one attached hydrogen (secondary N) is 2. The molecular weight excluding hydrogens is 549 g/mol. The number of halogens is 3. The number of aryl methyl sites for hydroxylation is 1. The second kappa shape index (κ2) is 11.0. The van der Waals surface area contributed by atoms with Crippen LogP contribution >= 0.6 is 0 Å². The van der Waals surface area contributed by atoms with Gasteiger partial charge in [0.1, 0.15) is 0 Å². The molecule has 0 unspecified atom stereocenters. The van der Waals surface area contributed by atoms with Crippen molar-refractivity contribution in [3.05, 3.63) is 77.1 Å². The quantitative estimate of drug-likeness (QED) is 0.290. The number of hydrogen-bond acceptors (Lipinski definition) is 8. The fourth-order valence-corrected chi connectivity index (χ4v) is 4.90. The minimum Gasteiger partial charge on any atom is -0.416 e. The Hall–Kier alpha value is -4.62. The average Bonchev–Trinajstić information content (AvgIpc) is 3.64. The first-order valence-electron chi connectivity index (χ1n) is 13.3. The number of carbonyl (C=O) groups is 1. The number of anilines is 1. The van der Waals surface area contributed by atoms with E-state index < -0.39 is 17.6 Å². The van der Waals surface area contributed by atoms with Gasteiger partial charge in [0, 0.05) is 61.1 Å². The molecule has 10 nitrogen and oxygen atoms in total. The van der Waals surface area contributed by atoms with Crippen LogP contribution in [0, 0.1) is 6.92 Å².